The van der Waals surface area contributed by atoms with Crippen molar-refractivity contribution >= 4 is 16.7 Å². The molecule has 0 N–H and O–H groups in total. The van der Waals surface area contributed by atoms with Crippen LogP contribution >= 0.6 is 0 Å². The van der Waals surface area contributed by atoms with Gasteiger partial charge >= 0.3 is 0 Å². The van der Waals surface area contributed by atoms with Crippen LogP contribution in [0.5, 0.6) is 5.88 Å². The molecule has 0 aliphatic carbocycles. The van der Waals surface area contributed by atoms with Crippen LogP contribution in [0.2, 0.25) is 0 Å². The van der Waals surface area contributed by atoms with Gasteiger partial charge in [0, 0.05) is 37.3 Å². The molecule has 0 saturated carbocycles. The summed E-state index contributed by atoms with van der Waals surface area (Å²) >= 11 is 0. The number of fused-ring (bicyclic) bond motifs is 1. The first kappa shape index (κ1) is 16.8. The summed E-state index contributed by atoms with van der Waals surface area (Å²) < 4.78 is 6.03. The topological polar surface area (TPSA) is 69.5 Å². The molecule has 2 atom stereocenters. The Morgan fingerprint density at radius 3 is 2.96 bits per heavy atom. The number of nitriles is 1. The summed E-state index contributed by atoms with van der Waals surface area (Å²) in [7, 11) is 0. The number of carbonyl (C=O) groups is 1. The molecule has 6 heteroatoms. The molecule has 2 fully saturated rings. The Labute approximate surface area is 153 Å². The molecule has 6 nitrogen and oxygen atoms in total. The van der Waals surface area contributed by atoms with Crippen LogP contribution in [-0.4, -0.2) is 59.0 Å². The van der Waals surface area contributed by atoms with E-state index in [4.69, 9.17) is 10.00 Å². The van der Waals surface area contributed by atoms with E-state index in [2.05, 4.69) is 16.0 Å². The third-order valence-electron chi connectivity index (χ3n) is 5.20. The number of nitrogens with zero attached hydrogens (tertiary/aromatic N) is 4. The van der Waals surface area contributed by atoms with E-state index in [1.165, 1.54) is 0 Å². The van der Waals surface area contributed by atoms with Crippen LogP contribution in [0.4, 0.5) is 0 Å². The van der Waals surface area contributed by atoms with Gasteiger partial charge in [-0.05, 0) is 24.6 Å². The third-order valence-corrected chi connectivity index (χ3v) is 5.20. The standard InChI is InChI=1S/C20H22N4O2/c21-11-17-6-3-8-24(17)20(25)14-23-9-7-18(13-23)26-19-10-15-4-1-2-5-16(15)12-22-19/h1-2,4-5,10,12,17-18H,3,6-9,13-14H2/t17?,18-/m0/s1. The molecule has 1 unspecified atom stereocenters. The van der Waals surface area contributed by atoms with Gasteiger partial charge in [-0.15, -0.1) is 0 Å². The number of benzene rings is 1. The Bertz CT molecular complexity index is 847. The summed E-state index contributed by atoms with van der Waals surface area (Å²) in [6.45, 7) is 2.61. The summed E-state index contributed by atoms with van der Waals surface area (Å²) in [4.78, 5) is 20.7. The molecule has 2 saturated heterocycles. The van der Waals surface area contributed by atoms with E-state index in [9.17, 15) is 4.79 Å². The highest BCUT2D eigenvalue weighted by molar-refractivity contribution is 5.82. The number of hydrogen-bond acceptors (Lipinski definition) is 5. The van der Waals surface area contributed by atoms with Crippen molar-refractivity contribution in [1.82, 2.24) is 14.8 Å². The number of rotatable bonds is 4. The Morgan fingerprint density at radius 1 is 1.27 bits per heavy atom. The molecule has 1 aromatic carbocycles. The zero-order valence-electron chi connectivity index (χ0n) is 14.7. The second-order valence-corrected chi connectivity index (χ2v) is 7.01. The number of ether oxygens (including phenoxy) is 1. The van der Waals surface area contributed by atoms with Crippen LogP contribution in [0.3, 0.4) is 0 Å². The van der Waals surface area contributed by atoms with E-state index in [-0.39, 0.29) is 18.1 Å². The van der Waals surface area contributed by atoms with Gasteiger partial charge in [-0.1, -0.05) is 24.3 Å². The molecule has 26 heavy (non-hydrogen) atoms. The van der Waals surface area contributed by atoms with Gasteiger partial charge in [0.1, 0.15) is 12.1 Å². The van der Waals surface area contributed by atoms with Crippen molar-refractivity contribution in [3.8, 4) is 11.9 Å². The molecule has 0 radical (unpaired) electrons. The Balaban J connectivity index is 1.33. The van der Waals surface area contributed by atoms with Crippen LogP contribution in [0.25, 0.3) is 10.8 Å². The fourth-order valence-electron chi connectivity index (χ4n) is 3.82. The fourth-order valence-corrected chi connectivity index (χ4v) is 3.82. The molecular formula is C20H22N4O2. The minimum absolute atomic E-state index is 0.0433. The number of pyridine rings is 1. The molecule has 1 amide bonds. The quantitative estimate of drug-likeness (QED) is 0.845. The first-order valence-corrected chi connectivity index (χ1v) is 9.16. The minimum atomic E-state index is -0.251. The Hall–Kier alpha value is -2.65. The molecule has 2 aliphatic rings. The largest absolute Gasteiger partial charge is 0.473 e. The average Bonchev–Trinajstić information content (AvgIpc) is 3.30. The fraction of sp³-hybridized carbons (Fsp3) is 0.450. The van der Waals surface area contributed by atoms with Gasteiger partial charge in [0.15, 0.2) is 0 Å². The first-order chi connectivity index (χ1) is 12.7. The lowest BCUT2D eigenvalue weighted by Crippen LogP contribution is -2.42. The number of carbonyl (C=O) groups excluding carboxylic acids is 1. The smallest absolute Gasteiger partial charge is 0.237 e. The molecule has 0 bridgehead atoms. The lowest BCUT2D eigenvalue weighted by atomic mass is 10.2. The van der Waals surface area contributed by atoms with Gasteiger partial charge in [-0.3, -0.25) is 9.69 Å². The molecule has 4 rings (SSSR count). The zero-order valence-corrected chi connectivity index (χ0v) is 14.7. The van der Waals surface area contributed by atoms with Crippen LogP contribution in [-0.2, 0) is 4.79 Å². The summed E-state index contributed by atoms with van der Waals surface area (Å²) in [5.74, 6) is 0.685. The van der Waals surface area contributed by atoms with Crippen LogP contribution in [0.15, 0.2) is 36.5 Å². The number of likely N-dealkylation sites (tertiary alicyclic amines) is 2. The van der Waals surface area contributed by atoms with E-state index in [0.29, 0.717) is 25.5 Å². The predicted molar refractivity (Wildman–Crippen MR) is 97.6 cm³/mol. The second-order valence-electron chi connectivity index (χ2n) is 7.01. The lowest BCUT2D eigenvalue weighted by molar-refractivity contribution is -0.132. The summed E-state index contributed by atoms with van der Waals surface area (Å²) in [5.41, 5.74) is 0. The third kappa shape index (κ3) is 3.49. The van der Waals surface area contributed by atoms with Gasteiger partial charge in [0.2, 0.25) is 11.8 Å². The lowest BCUT2D eigenvalue weighted by Gasteiger charge is -2.23. The van der Waals surface area contributed by atoms with E-state index in [1.807, 2.05) is 36.5 Å². The SMILES string of the molecule is N#CC1CCCN1C(=O)CN1CC[C@H](Oc2cc3ccccc3cn2)C1. The highest BCUT2D eigenvalue weighted by Gasteiger charge is 2.32. The van der Waals surface area contributed by atoms with E-state index >= 15 is 0 Å². The average molecular weight is 350 g/mol. The highest BCUT2D eigenvalue weighted by atomic mass is 16.5. The Morgan fingerprint density at radius 2 is 2.12 bits per heavy atom. The zero-order chi connectivity index (χ0) is 17.9. The van der Waals surface area contributed by atoms with E-state index in [0.717, 1.165) is 36.6 Å². The molecule has 134 valence electrons. The van der Waals surface area contributed by atoms with Crippen molar-refractivity contribution in [2.75, 3.05) is 26.2 Å². The maximum atomic E-state index is 12.5. The molecule has 0 spiro atoms. The van der Waals surface area contributed by atoms with Gasteiger partial charge in [0.25, 0.3) is 0 Å². The summed E-state index contributed by atoms with van der Waals surface area (Å²) in [6.07, 6.45) is 4.46. The minimum Gasteiger partial charge on any atom is -0.473 e. The summed E-state index contributed by atoms with van der Waals surface area (Å²) in [6, 6.07) is 12.0. The van der Waals surface area contributed by atoms with Gasteiger partial charge < -0.3 is 9.64 Å². The van der Waals surface area contributed by atoms with Crippen LogP contribution in [0, 0.1) is 11.3 Å². The van der Waals surface area contributed by atoms with Gasteiger partial charge in [-0.2, -0.15) is 5.26 Å². The van der Waals surface area contributed by atoms with Crippen molar-refractivity contribution in [3.05, 3.63) is 36.5 Å². The van der Waals surface area contributed by atoms with Crippen molar-refractivity contribution in [3.63, 3.8) is 0 Å². The van der Waals surface area contributed by atoms with Crippen LogP contribution in [0.1, 0.15) is 19.3 Å². The number of amides is 1. The number of hydrogen-bond donors (Lipinski definition) is 0. The van der Waals surface area contributed by atoms with Gasteiger partial charge in [-0.25, -0.2) is 4.98 Å². The van der Waals surface area contributed by atoms with Crippen molar-refractivity contribution < 1.29 is 9.53 Å². The normalized spacial score (nSPS) is 23.3. The van der Waals surface area contributed by atoms with Gasteiger partial charge in [0.05, 0.1) is 12.6 Å². The monoisotopic (exact) mass is 350 g/mol. The summed E-state index contributed by atoms with van der Waals surface area (Å²) in [5, 5.41) is 11.3. The molecule has 3 heterocycles. The molecule has 2 aromatic rings. The second kappa shape index (κ2) is 7.30. The molecule has 1 aromatic heterocycles. The highest BCUT2D eigenvalue weighted by Crippen LogP contribution is 2.22. The molecular weight excluding hydrogens is 328 g/mol. The van der Waals surface area contributed by atoms with Crippen LogP contribution < -0.4 is 4.74 Å². The predicted octanol–water partition coefficient (Wildman–Crippen LogP) is 2.20. The van der Waals surface area contributed by atoms with Crippen molar-refractivity contribution in [1.29, 1.82) is 5.26 Å². The van der Waals surface area contributed by atoms with E-state index in [1.54, 1.807) is 4.90 Å². The molecule has 2 aliphatic heterocycles. The van der Waals surface area contributed by atoms with Crippen molar-refractivity contribution in [2.45, 2.75) is 31.4 Å². The first-order valence-electron chi connectivity index (χ1n) is 9.16. The van der Waals surface area contributed by atoms with E-state index < -0.39 is 0 Å². The number of aromatic nitrogens is 1. The Kier molecular flexibility index (Phi) is 4.72. The van der Waals surface area contributed by atoms with Crippen molar-refractivity contribution in [2.24, 2.45) is 0 Å². The maximum absolute atomic E-state index is 12.5. The maximum Gasteiger partial charge on any atom is 0.237 e.